The summed E-state index contributed by atoms with van der Waals surface area (Å²) in [5.74, 6) is -0.613. The number of benzene rings is 2. The van der Waals surface area contributed by atoms with Gasteiger partial charge < -0.3 is 19.8 Å². The summed E-state index contributed by atoms with van der Waals surface area (Å²) in [7, 11) is 1.67. The molecule has 1 aliphatic carbocycles. The first-order chi connectivity index (χ1) is 19.3. The normalized spacial score (nSPS) is 12.9. The molecule has 1 aliphatic rings. The van der Waals surface area contributed by atoms with Crippen molar-refractivity contribution in [2.75, 3.05) is 10.6 Å². The summed E-state index contributed by atoms with van der Waals surface area (Å²) < 4.78 is 25.3. The minimum Gasteiger partial charge on any atom is -0.453 e. The van der Waals surface area contributed by atoms with E-state index < -0.39 is 17.3 Å². The number of halogens is 1. The van der Waals surface area contributed by atoms with Crippen molar-refractivity contribution in [1.82, 2.24) is 18.7 Å². The van der Waals surface area contributed by atoms with Gasteiger partial charge in [0.1, 0.15) is 17.0 Å². The van der Waals surface area contributed by atoms with Crippen molar-refractivity contribution in [1.29, 1.82) is 0 Å². The fourth-order valence-electron chi connectivity index (χ4n) is 4.45. The van der Waals surface area contributed by atoms with Crippen molar-refractivity contribution >= 4 is 29.0 Å². The minimum atomic E-state index is -0.703. The van der Waals surface area contributed by atoms with E-state index in [0.29, 0.717) is 22.9 Å². The Hall–Kier alpha value is -5.19. The fraction of sp³-hybridized carbons (Fsp3) is 0.172. The number of nitrogens with one attached hydrogen (secondary N) is 2. The lowest BCUT2D eigenvalue weighted by Gasteiger charge is -2.09. The maximum atomic E-state index is 14.9. The number of anilines is 2. The molecule has 2 N–H and O–H groups in total. The Kier molecular flexibility index (Phi) is 6.18. The van der Waals surface area contributed by atoms with Crippen molar-refractivity contribution in [3.05, 3.63) is 100 Å². The molecule has 2 aromatic carbocycles. The molecule has 0 aliphatic heterocycles. The topological polar surface area (TPSA) is 112 Å². The van der Waals surface area contributed by atoms with Gasteiger partial charge in [0.05, 0.1) is 18.1 Å². The molecule has 0 saturated heterocycles. The lowest BCUT2D eigenvalue weighted by Crippen LogP contribution is -2.25. The van der Waals surface area contributed by atoms with Gasteiger partial charge in [-0.3, -0.25) is 19.1 Å². The van der Waals surface area contributed by atoms with Gasteiger partial charge in [-0.2, -0.15) is 0 Å². The van der Waals surface area contributed by atoms with Crippen LogP contribution in [0.1, 0.15) is 28.8 Å². The third kappa shape index (κ3) is 4.84. The Morgan fingerprint density at radius 1 is 1.02 bits per heavy atom. The molecule has 1 fully saturated rings. The molecule has 3 aromatic heterocycles. The number of rotatable bonds is 7. The van der Waals surface area contributed by atoms with E-state index in [-0.39, 0.29) is 28.8 Å². The number of hydrogen-bond donors (Lipinski definition) is 2. The highest BCUT2D eigenvalue weighted by Crippen LogP contribution is 2.31. The van der Waals surface area contributed by atoms with E-state index in [1.54, 1.807) is 42.0 Å². The lowest BCUT2D eigenvalue weighted by molar-refractivity contribution is -0.117. The van der Waals surface area contributed by atoms with Crippen LogP contribution >= 0.6 is 0 Å². The van der Waals surface area contributed by atoms with Crippen LogP contribution in [-0.4, -0.2) is 30.6 Å². The van der Waals surface area contributed by atoms with Crippen LogP contribution in [0.25, 0.3) is 11.3 Å². The van der Waals surface area contributed by atoms with E-state index >= 15 is 0 Å². The van der Waals surface area contributed by atoms with Crippen molar-refractivity contribution in [2.24, 2.45) is 13.0 Å². The second kappa shape index (κ2) is 9.84. The standard InChI is InChI=1S/C29H25FN6O4/c1-17-5-3-4-6-23(17)36-29(39)21(15-34(36)2)28(38)31-19-9-11-24(22(30)13-19)40-20-10-12-26-32-25(16-35(26)14-20)33-27(37)18-7-8-18/h3-6,9-16,18H,7-8H2,1-2H3,(H,31,38)(H,33,37). The zero-order chi connectivity index (χ0) is 28.0. The molecule has 0 radical (unpaired) electrons. The average molecular weight is 541 g/mol. The fourth-order valence-corrected chi connectivity index (χ4v) is 4.45. The Morgan fingerprint density at radius 3 is 2.58 bits per heavy atom. The number of pyridine rings is 1. The molecule has 1 saturated carbocycles. The first-order valence-corrected chi connectivity index (χ1v) is 12.7. The second-order valence-electron chi connectivity index (χ2n) is 9.74. The number of imidazole rings is 1. The van der Waals surface area contributed by atoms with E-state index in [1.807, 2.05) is 25.1 Å². The number of para-hydroxylation sites is 1. The molecule has 11 heteroatoms. The second-order valence-corrected chi connectivity index (χ2v) is 9.74. The summed E-state index contributed by atoms with van der Waals surface area (Å²) in [5, 5.41) is 5.38. The molecule has 202 valence electrons. The molecular formula is C29H25FN6O4. The van der Waals surface area contributed by atoms with Crippen LogP contribution in [0.5, 0.6) is 11.5 Å². The molecule has 6 rings (SSSR count). The Balaban J connectivity index is 1.16. The molecule has 0 unspecified atom stereocenters. The van der Waals surface area contributed by atoms with Crippen LogP contribution in [0.15, 0.2) is 78.0 Å². The predicted octanol–water partition coefficient (Wildman–Crippen LogP) is 4.66. The van der Waals surface area contributed by atoms with E-state index in [4.69, 9.17) is 4.74 Å². The van der Waals surface area contributed by atoms with Crippen LogP contribution in [-0.2, 0) is 11.8 Å². The van der Waals surface area contributed by atoms with Crippen molar-refractivity contribution in [3.63, 3.8) is 0 Å². The highest BCUT2D eigenvalue weighted by Gasteiger charge is 2.30. The van der Waals surface area contributed by atoms with Gasteiger partial charge in [0.25, 0.3) is 11.5 Å². The van der Waals surface area contributed by atoms with Crippen LogP contribution in [0, 0.1) is 18.7 Å². The highest BCUT2D eigenvalue weighted by molar-refractivity contribution is 6.04. The lowest BCUT2D eigenvalue weighted by atomic mass is 10.2. The molecular weight excluding hydrogens is 515 g/mol. The maximum Gasteiger partial charge on any atom is 0.284 e. The van der Waals surface area contributed by atoms with E-state index in [0.717, 1.165) is 24.5 Å². The van der Waals surface area contributed by atoms with Crippen molar-refractivity contribution in [2.45, 2.75) is 19.8 Å². The van der Waals surface area contributed by atoms with Crippen LogP contribution in [0.2, 0.25) is 0 Å². The zero-order valence-electron chi connectivity index (χ0n) is 21.7. The molecule has 2 amide bonds. The number of nitrogens with zero attached hydrogens (tertiary/aromatic N) is 4. The largest absolute Gasteiger partial charge is 0.453 e. The Morgan fingerprint density at radius 2 is 1.82 bits per heavy atom. The summed E-state index contributed by atoms with van der Waals surface area (Å²) in [6.07, 6.45) is 6.51. The summed E-state index contributed by atoms with van der Waals surface area (Å²) in [6.45, 7) is 1.88. The van der Waals surface area contributed by atoms with Gasteiger partial charge >= 0.3 is 0 Å². The number of ether oxygens (including phenoxy) is 1. The maximum absolute atomic E-state index is 14.9. The number of fused-ring (bicyclic) bond motifs is 1. The zero-order valence-corrected chi connectivity index (χ0v) is 21.7. The van der Waals surface area contributed by atoms with E-state index in [1.165, 1.54) is 27.7 Å². The quantitative estimate of drug-likeness (QED) is 0.312. The van der Waals surface area contributed by atoms with Crippen LogP contribution in [0.4, 0.5) is 15.9 Å². The molecule has 3 heterocycles. The van der Waals surface area contributed by atoms with E-state index in [9.17, 15) is 18.8 Å². The SMILES string of the molecule is Cc1ccccc1-n1c(=O)c(C(=O)Nc2ccc(Oc3ccc4nc(NC(=O)C5CC5)cn4c3)c(F)c2)cn1C. The molecule has 40 heavy (non-hydrogen) atoms. The number of carbonyl (C=O) groups excluding carboxylic acids is 2. The van der Waals surface area contributed by atoms with Gasteiger partial charge in [0.2, 0.25) is 5.91 Å². The first kappa shape index (κ1) is 25.1. The summed E-state index contributed by atoms with van der Waals surface area (Å²) in [4.78, 5) is 42.3. The summed E-state index contributed by atoms with van der Waals surface area (Å²) in [6, 6.07) is 14.7. The van der Waals surface area contributed by atoms with Gasteiger partial charge in [-0.15, -0.1) is 0 Å². The average Bonchev–Trinajstić information content (AvgIpc) is 3.64. The summed E-state index contributed by atoms with van der Waals surface area (Å²) >= 11 is 0. The van der Waals surface area contributed by atoms with Crippen molar-refractivity contribution in [3.8, 4) is 17.2 Å². The van der Waals surface area contributed by atoms with E-state index in [2.05, 4.69) is 15.6 Å². The third-order valence-electron chi connectivity index (χ3n) is 6.68. The number of aromatic nitrogens is 4. The molecule has 0 atom stereocenters. The van der Waals surface area contributed by atoms with Gasteiger partial charge in [0.15, 0.2) is 17.4 Å². The first-order valence-electron chi connectivity index (χ1n) is 12.7. The summed E-state index contributed by atoms with van der Waals surface area (Å²) in [5.41, 5.74) is 1.74. The van der Waals surface area contributed by atoms with Gasteiger partial charge in [-0.05, 0) is 55.7 Å². The highest BCUT2D eigenvalue weighted by atomic mass is 19.1. The predicted molar refractivity (Wildman–Crippen MR) is 147 cm³/mol. The number of aryl methyl sites for hydroxylation is 2. The number of hydrogen-bond acceptors (Lipinski definition) is 5. The number of amides is 2. The molecule has 0 spiro atoms. The van der Waals surface area contributed by atoms with Crippen molar-refractivity contribution < 1.29 is 18.7 Å². The third-order valence-corrected chi connectivity index (χ3v) is 6.68. The van der Waals surface area contributed by atoms with Crippen LogP contribution < -0.4 is 20.9 Å². The minimum absolute atomic E-state index is 0.0432. The molecule has 0 bridgehead atoms. The Labute approximate surface area is 227 Å². The van der Waals surface area contributed by atoms with Gasteiger partial charge in [-0.1, -0.05) is 18.2 Å². The van der Waals surface area contributed by atoms with Gasteiger partial charge in [0, 0.05) is 30.9 Å². The van der Waals surface area contributed by atoms with Crippen LogP contribution in [0.3, 0.4) is 0 Å². The molecule has 5 aromatic rings. The number of carbonyl (C=O) groups is 2. The molecule has 10 nitrogen and oxygen atoms in total. The Bertz CT molecular complexity index is 1850. The monoisotopic (exact) mass is 540 g/mol. The van der Waals surface area contributed by atoms with Gasteiger partial charge in [-0.25, -0.2) is 14.1 Å². The smallest absolute Gasteiger partial charge is 0.284 e.